The summed E-state index contributed by atoms with van der Waals surface area (Å²) in [5, 5.41) is 0. The van der Waals surface area contributed by atoms with Crippen molar-refractivity contribution in [3.63, 3.8) is 0 Å². The van der Waals surface area contributed by atoms with Crippen molar-refractivity contribution in [3.8, 4) is 0 Å². The molecule has 0 radical (unpaired) electrons. The molecule has 214 valence electrons. The van der Waals surface area contributed by atoms with Gasteiger partial charge in [0.05, 0.1) is 13.2 Å². The summed E-state index contributed by atoms with van der Waals surface area (Å²) in [5.41, 5.74) is 1.18. The first-order valence-electron chi connectivity index (χ1n) is 15.6. The lowest BCUT2D eigenvalue weighted by molar-refractivity contribution is -0.207. The molecule has 0 unspecified atom stereocenters. The van der Waals surface area contributed by atoms with Crippen molar-refractivity contribution >= 4 is 11.8 Å². The molecule has 4 nitrogen and oxygen atoms in total. The second-order valence-corrected chi connectivity index (χ2v) is 16.0. The summed E-state index contributed by atoms with van der Waals surface area (Å²) in [4.78, 5) is 26.9. The molecule has 4 heteroatoms. The Hall–Kier alpha value is -1.16. The number of methoxy groups -OCH3 is 1. The minimum absolute atomic E-state index is 0.0421. The van der Waals surface area contributed by atoms with Gasteiger partial charge in [0, 0.05) is 18.4 Å². The molecule has 0 aromatic rings. The van der Waals surface area contributed by atoms with E-state index in [1.807, 2.05) is 0 Å². The molecule has 0 aromatic carbocycles. The van der Waals surface area contributed by atoms with Crippen LogP contribution in [0.5, 0.6) is 0 Å². The highest BCUT2D eigenvalue weighted by molar-refractivity contribution is 5.85. The van der Waals surface area contributed by atoms with Crippen molar-refractivity contribution in [1.29, 1.82) is 0 Å². The van der Waals surface area contributed by atoms with E-state index in [2.05, 4.69) is 61.5 Å². The zero-order valence-corrected chi connectivity index (χ0v) is 25.8. The Morgan fingerprint density at radius 2 is 1.68 bits per heavy atom. The first kappa shape index (κ1) is 28.4. The molecule has 0 amide bonds. The lowest BCUT2D eigenvalue weighted by atomic mass is 9.33. The van der Waals surface area contributed by atoms with Crippen LogP contribution in [0.2, 0.25) is 0 Å². The van der Waals surface area contributed by atoms with Crippen molar-refractivity contribution < 1.29 is 19.1 Å². The molecular weight excluding hydrogens is 472 g/mol. The van der Waals surface area contributed by atoms with E-state index in [0.717, 1.165) is 57.8 Å². The van der Waals surface area contributed by atoms with Crippen LogP contribution in [0, 0.1) is 50.2 Å². The molecule has 8 atom stereocenters. The number of carbonyl (C=O) groups excluding carboxylic acids is 2. The number of hydrogen-bond donors (Lipinski definition) is 0. The number of hydrogen-bond acceptors (Lipinski definition) is 4. The predicted molar refractivity (Wildman–Crippen MR) is 151 cm³/mol. The Kier molecular flexibility index (Phi) is 6.66. The van der Waals surface area contributed by atoms with E-state index in [-0.39, 0.29) is 45.1 Å². The molecular formula is C34H54O4. The normalized spacial score (nSPS) is 47.1. The van der Waals surface area contributed by atoms with Gasteiger partial charge in [-0.3, -0.25) is 9.59 Å². The second-order valence-electron chi connectivity index (χ2n) is 16.0. The zero-order chi connectivity index (χ0) is 27.9. The third-order valence-corrected chi connectivity index (χ3v) is 13.5. The Balaban J connectivity index is 1.61. The van der Waals surface area contributed by atoms with Crippen molar-refractivity contribution in [2.24, 2.45) is 50.2 Å². The van der Waals surface area contributed by atoms with Crippen LogP contribution in [0.1, 0.15) is 120 Å². The van der Waals surface area contributed by atoms with Crippen LogP contribution >= 0.6 is 0 Å². The van der Waals surface area contributed by atoms with Gasteiger partial charge in [0.2, 0.25) is 0 Å². The minimum atomic E-state index is -0.589. The Morgan fingerprint density at radius 3 is 2.34 bits per heavy atom. The van der Waals surface area contributed by atoms with Crippen LogP contribution < -0.4 is 0 Å². The van der Waals surface area contributed by atoms with Gasteiger partial charge in [0.15, 0.2) is 0 Å². The molecule has 4 saturated carbocycles. The average molecular weight is 527 g/mol. The number of esters is 1. The highest BCUT2D eigenvalue weighted by atomic mass is 16.5. The maximum atomic E-state index is 13.8. The Labute approximate surface area is 232 Å². The number of Topliss-reactive ketones (excluding diaryl/α,β-unsaturated/α-hetero) is 1. The molecule has 38 heavy (non-hydrogen) atoms. The molecule has 5 aliphatic carbocycles. The van der Waals surface area contributed by atoms with Crippen LogP contribution in [0.4, 0.5) is 0 Å². The van der Waals surface area contributed by atoms with E-state index >= 15 is 0 Å². The fourth-order valence-corrected chi connectivity index (χ4v) is 11.2. The fraction of sp³-hybridized carbons (Fsp3) is 0.882. The molecule has 0 saturated heterocycles. The van der Waals surface area contributed by atoms with Gasteiger partial charge in [-0.25, -0.2) is 0 Å². The van der Waals surface area contributed by atoms with E-state index in [4.69, 9.17) is 9.47 Å². The van der Waals surface area contributed by atoms with Crippen LogP contribution in [-0.4, -0.2) is 31.6 Å². The Morgan fingerprint density at radius 1 is 0.974 bits per heavy atom. The molecule has 0 aromatic heterocycles. The number of ether oxygens (including phenoxy) is 2. The van der Waals surface area contributed by atoms with E-state index in [9.17, 15) is 9.59 Å². The molecule has 0 spiro atoms. The fourth-order valence-electron chi connectivity index (χ4n) is 11.2. The topological polar surface area (TPSA) is 52.6 Å². The summed E-state index contributed by atoms with van der Waals surface area (Å²) in [6.45, 7) is 19.7. The lowest BCUT2D eigenvalue weighted by Crippen LogP contribution is -2.66. The molecule has 5 aliphatic rings. The largest absolute Gasteiger partial charge is 0.468 e. The van der Waals surface area contributed by atoms with Gasteiger partial charge in [-0.2, -0.15) is 0 Å². The summed E-state index contributed by atoms with van der Waals surface area (Å²) in [6.07, 6.45) is 12.3. The number of fused-ring (bicyclic) bond motifs is 7. The van der Waals surface area contributed by atoms with Crippen molar-refractivity contribution in [3.05, 3.63) is 11.6 Å². The summed E-state index contributed by atoms with van der Waals surface area (Å²) >= 11 is 0. The van der Waals surface area contributed by atoms with Crippen molar-refractivity contribution in [2.45, 2.75) is 126 Å². The highest BCUT2D eigenvalue weighted by Gasteiger charge is 2.71. The van der Waals surface area contributed by atoms with E-state index in [1.54, 1.807) is 7.11 Å². The number of rotatable bonds is 4. The molecule has 5 rings (SSSR count). The van der Waals surface area contributed by atoms with Gasteiger partial charge in [-0.05, 0) is 97.2 Å². The maximum absolute atomic E-state index is 13.8. The van der Waals surface area contributed by atoms with Crippen molar-refractivity contribution in [1.82, 2.24) is 0 Å². The minimum Gasteiger partial charge on any atom is -0.468 e. The van der Waals surface area contributed by atoms with E-state index < -0.39 is 5.41 Å². The SMILES string of the molecule is CCCO[C@@H]1CC(C)(C)C[C@H]2C3=CC[C@@H]4[C@@]5(C)CCC(=O)C(C)(C)[C@@H]5CC[C@@]4(C)[C@]3(C)CC[C@@]12C(=O)OC. The smallest absolute Gasteiger partial charge is 0.315 e. The van der Waals surface area contributed by atoms with Gasteiger partial charge in [-0.15, -0.1) is 0 Å². The van der Waals surface area contributed by atoms with Gasteiger partial charge in [0.1, 0.15) is 11.2 Å². The quantitative estimate of drug-likeness (QED) is 0.276. The molecule has 0 heterocycles. The highest BCUT2D eigenvalue weighted by Crippen LogP contribution is 2.75. The van der Waals surface area contributed by atoms with Crippen LogP contribution in [0.3, 0.4) is 0 Å². The predicted octanol–water partition coefficient (Wildman–Crippen LogP) is 7.94. The van der Waals surface area contributed by atoms with Gasteiger partial charge in [-0.1, -0.05) is 67.0 Å². The average Bonchev–Trinajstić information content (AvgIpc) is 2.84. The van der Waals surface area contributed by atoms with E-state index in [0.29, 0.717) is 24.2 Å². The zero-order valence-electron chi connectivity index (χ0n) is 25.8. The summed E-state index contributed by atoms with van der Waals surface area (Å²) in [6, 6.07) is 0. The van der Waals surface area contributed by atoms with Gasteiger partial charge >= 0.3 is 5.97 Å². The number of ketones is 1. The number of carbonyl (C=O) groups is 2. The van der Waals surface area contributed by atoms with Crippen LogP contribution in [0.15, 0.2) is 11.6 Å². The van der Waals surface area contributed by atoms with Crippen LogP contribution in [-0.2, 0) is 19.1 Å². The first-order valence-corrected chi connectivity index (χ1v) is 15.6. The molecule has 0 bridgehead atoms. The Bertz CT molecular complexity index is 1020. The molecule has 4 fully saturated rings. The standard InChI is InChI=1S/C34H54O4/c1-10-19-38-27-21-29(2,3)20-23-22-11-12-25-31(6)15-14-26(35)30(4,5)24(31)13-16-33(25,8)32(22,7)17-18-34(23,27)28(36)37-9/h11,23-25,27H,10,12-21H2,1-9H3/t23-,24-,25+,27+,31-,32+,33+,34-/m0/s1. The van der Waals surface area contributed by atoms with Crippen molar-refractivity contribution in [2.75, 3.05) is 13.7 Å². The maximum Gasteiger partial charge on any atom is 0.315 e. The van der Waals surface area contributed by atoms with Gasteiger partial charge < -0.3 is 9.47 Å². The lowest BCUT2D eigenvalue weighted by Gasteiger charge is -2.71. The van der Waals surface area contributed by atoms with E-state index in [1.165, 1.54) is 12.0 Å². The number of allylic oxidation sites excluding steroid dienone is 2. The first-order chi connectivity index (χ1) is 17.6. The summed E-state index contributed by atoms with van der Waals surface area (Å²) in [5.74, 6) is 1.57. The summed E-state index contributed by atoms with van der Waals surface area (Å²) < 4.78 is 12.2. The summed E-state index contributed by atoms with van der Waals surface area (Å²) in [7, 11) is 1.57. The third kappa shape index (κ3) is 3.56. The molecule has 0 aliphatic heterocycles. The molecule has 0 N–H and O–H groups in total. The second kappa shape index (κ2) is 8.92. The monoisotopic (exact) mass is 526 g/mol. The van der Waals surface area contributed by atoms with Gasteiger partial charge in [0.25, 0.3) is 0 Å². The third-order valence-electron chi connectivity index (χ3n) is 13.5. The van der Waals surface area contributed by atoms with Crippen LogP contribution in [0.25, 0.3) is 0 Å².